The molecule has 3 N–H and O–H groups in total. The molecule has 0 radical (unpaired) electrons. The number of aryl methyl sites for hydroxylation is 2. The second-order valence-electron chi connectivity index (χ2n) is 4.03. The number of nitrogens with two attached hydrogens (primary N) is 1. The highest BCUT2D eigenvalue weighted by Gasteiger charge is 2.09. The van der Waals surface area contributed by atoms with Gasteiger partial charge in [-0.3, -0.25) is 0 Å². The molecule has 0 saturated carbocycles. The van der Waals surface area contributed by atoms with Crippen LogP contribution in [0.2, 0.25) is 0 Å². The lowest BCUT2D eigenvalue weighted by molar-refractivity contribution is 0.844. The van der Waals surface area contributed by atoms with E-state index in [0.717, 1.165) is 39.6 Å². The van der Waals surface area contributed by atoms with Crippen LogP contribution in [0.15, 0.2) is 16.6 Å². The Labute approximate surface area is 109 Å². The van der Waals surface area contributed by atoms with Gasteiger partial charge in [-0.2, -0.15) is 0 Å². The Morgan fingerprint density at radius 1 is 1.35 bits per heavy atom. The van der Waals surface area contributed by atoms with Crippen LogP contribution in [0, 0.1) is 6.92 Å². The Balaban J connectivity index is 2.73. The SMILES string of the molecule is CCCc1nc(NN)c2cc(C)cc(Br)c2n1. The Morgan fingerprint density at radius 2 is 2.12 bits per heavy atom. The fraction of sp³-hybridized carbons (Fsp3) is 0.333. The summed E-state index contributed by atoms with van der Waals surface area (Å²) in [5, 5.41) is 0.944. The van der Waals surface area contributed by atoms with Crippen molar-refractivity contribution >= 4 is 32.7 Å². The standard InChI is InChI=1S/C12H15BrN4/c1-3-4-10-15-11-8(12(16-10)17-14)5-7(2)6-9(11)13/h5-6H,3-4,14H2,1-2H3,(H,15,16,17). The van der Waals surface area contributed by atoms with Crippen LogP contribution in [-0.2, 0) is 6.42 Å². The van der Waals surface area contributed by atoms with Gasteiger partial charge in [0.15, 0.2) is 5.82 Å². The smallest absolute Gasteiger partial charge is 0.151 e. The lowest BCUT2D eigenvalue weighted by Crippen LogP contribution is -2.11. The van der Waals surface area contributed by atoms with E-state index in [-0.39, 0.29) is 0 Å². The first-order chi connectivity index (χ1) is 8.15. The molecule has 0 spiro atoms. The lowest BCUT2D eigenvalue weighted by atomic mass is 10.1. The van der Waals surface area contributed by atoms with Gasteiger partial charge in [-0.25, -0.2) is 15.8 Å². The van der Waals surface area contributed by atoms with Crippen LogP contribution in [0.5, 0.6) is 0 Å². The molecule has 0 aliphatic rings. The van der Waals surface area contributed by atoms with Gasteiger partial charge in [0, 0.05) is 16.3 Å². The highest BCUT2D eigenvalue weighted by Crippen LogP contribution is 2.28. The molecule has 0 saturated heterocycles. The molecule has 1 aromatic heterocycles. The van der Waals surface area contributed by atoms with E-state index < -0.39 is 0 Å². The Kier molecular flexibility index (Phi) is 3.59. The molecule has 0 atom stereocenters. The van der Waals surface area contributed by atoms with E-state index in [1.54, 1.807) is 0 Å². The summed E-state index contributed by atoms with van der Waals surface area (Å²) in [5.74, 6) is 7.03. The first kappa shape index (κ1) is 12.3. The molecule has 2 rings (SSSR count). The minimum Gasteiger partial charge on any atom is -0.308 e. The maximum atomic E-state index is 5.53. The van der Waals surface area contributed by atoms with E-state index >= 15 is 0 Å². The largest absolute Gasteiger partial charge is 0.308 e. The van der Waals surface area contributed by atoms with E-state index in [9.17, 15) is 0 Å². The van der Waals surface area contributed by atoms with Crippen LogP contribution in [0.1, 0.15) is 24.7 Å². The van der Waals surface area contributed by atoms with Crippen molar-refractivity contribution in [3.63, 3.8) is 0 Å². The first-order valence-electron chi connectivity index (χ1n) is 5.59. The second-order valence-corrected chi connectivity index (χ2v) is 4.88. The lowest BCUT2D eigenvalue weighted by Gasteiger charge is -2.09. The fourth-order valence-corrected chi connectivity index (χ4v) is 2.48. The number of aromatic nitrogens is 2. The molecule has 2 aromatic rings. The minimum atomic E-state index is 0.683. The van der Waals surface area contributed by atoms with Gasteiger partial charge in [-0.15, -0.1) is 0 Å². The quantitative estimate of drug-likeness (QED) is 0.675. The summed E-state index contributed by atoms with van der Waals surface area (Å²) in [4.78, 5) is 8.98. The molecule has 90 valence electrons. The molecule has 4 nitrogen and oxygen atoms in total. The average molecular weight is 295 g/mol. The summed E-state index contributed by atoms with van der Waals surface area (Å²) in [7, 11) is 0. The van der Waals surface area contributed by atoms with Gasteiger partial charge in [-0.05, 0) is 47.0 Å². The van der Waals surface area contributed by atoms with Gasteiger partial charge >= 0.3 is 0 Å². The van der Waals surface area contributed by atoms with Gasteiger partial charge < -0.3 is 5.43 Å². The van der Waals surface area contributed by atoms with Gasteiger partial charge in [-0.1, -0.05) is 6.92 Å². The van der Waals surface area contributed by atoms with Crippen LogP contribution in [-0.4, -0.2) is 9.97 Å². The number of halogens is 1. The van der Waals surface area contributed by atoms with Crippen molar-refractivity contribution in [2.45, 2.75) is 26.7 Å². The molecule has 1 heterocycles. The summed E-state index contributed by atoms with van der Waals surface area (Å²) in [6.45, 7) is 4.14. The Bertz CT molecular complexity index is 554. The van der Waals surface area contributed by atoms with E-state index in [4.69, 9.17) is 5.84 Å². The molecule has 0 fully saturated rings. The summed E-state index contributed by atoms with van der Waals surface area (Å²) in [6, 6.07) is 4.08. The minimum absolute atomic E-state index is 0.683. The number of nitrogen functional groups attached to an aromatic ring is 1. The number of nitrogens with zero attached hydrogens (tertiary/aromatic N) is 2. The second kappa shape index (κ2) is 4.98. The number of hydrogen-bond acceptors (Lipinski definition) is 4. The zero-order valence-electron chi connectivity index (χ0n) is 9.92. The van der Waals surface area contributed by atoms with Crippen LogP contribution in [0.3, 0.4) is 0 Å². The fourth-order valence-electron chi connectivity index (χ4n) is 1.82. The summed E-state index contributed by atoms with van der Waals surface area (Å²) < 4.78 is 0.976. The maximum absolute atomic E-state index is 5.53. The molecule has 0 unspecified atom stereocenters. The van der Waals surface area contributed by atoms with Crippen molar-refractivity contribution in [3.8, 4) is 0 Å². The van der Waals surface area contributed by atoms with Gasteiger partial charge in [0.05, 0.1) is 5.52 Å². The van der Waals surface area contributed by atoms with Gasteiger partial charge in [0.1, 0.15) is 5.82 Å². The predicted octanol–water partition coefficient (Wildman–Crippen LogP) is 2.94. The molecule has 0 aliphatic heterocycles. The van der Waals surface area contributed by atoms with E-state index in [1.165, 1.54) is 0 Å². The van der Waals surface area contributed by atoms with Crippen LogP contribution in [0.4, 0.5) is 5.82 Å². The average Bonchev–Trinajstić information content (AvgIpc) is 2.29. The predicted molar refractivity (Wildman–Crippen MR) is 73.8 cm³/mol. The highest BCUT2D eigenvalue weighted by molar-refractivity contribution is 9.10. The van der Waals surface area contributed by atoms with E-state index in [0.29, 0.717) is 5.82 Å². The van der Waals surface area contributed by atoms with Crippen LogP contribution in [0.25, 0.3) is 10.9 Å². The molecule has 0 bridgehead atoms. The Hall–Kier alpha value is -1.20. The number of fused-ring (bicyclic) bond motifs is 1. The molecule has 5 heteroatoms. The number of hydrazine groups is 1. The number of benzene rings is 1. The van der Waals surface area contributed by atoms with Crippen molar-refractivity contribution in [1.29, 1.82) is 0 Å². The third-order valence-electron chi connectivity index (χ3n) is 2.55. The van der Waals surface area contributed by atoms with Crippen LogP contribution >= 0.6 is 15.9 Å². The number of nitrogens with one attached hydrogen (secondary N) is 1. The first-order valence-corrected chi connectivity index (χ1v) is 6.38. The van der Waals surface area contributed by atoms with Crippen LogP contribution < -0.4 is 11.3 Å². The molecule has 0 aliphatic carbocycles. The molecular formula is C12H15BrN4. The third kappa shape index (κ3) is 2.40. The molecular weight excluding hydrogens is 280 g/mol. The Morgan fingerprint density at radius 3 is 2.76 bits per heavy atom. The van der Waals surface area contributed by atoms with Crippen molar-refractivity contribution < 1.29 is 0 Å². The zero-order chi connectivity index (χ0) is 12.4. The molecule has 1 aromatic carbocycles. The van der Waals surface area contributed by atoms with E-state index in [2.05, 4.69) is 38.2 Å². The monoisotopic (exact) mass is 294 g/mol. The van der Waals surface area contributed by atoms with Gasteiger partial charge in [0.25, 0.3) is 0 Å². The van der Waals surface area contributed by atoms with Gasteiger partial charge in [0.2, 0.25) is 0 Å². The molecule has 17 heavy (non-hydrogen) atoms. The normalized spacial score (nSPS) is 10.8. The number of anilines is 1. The summed E-state index contributed by atoms with van der Waals surface area (Å²) in [6.07, 6.45) is 1.87. The summed E-state index contributed by atoms with van der Waals surface area (Å²) >= 11 is 3.54. The molecule has 0 amide bonds. The summed E-state index contributed by atoms with van der Waals surface area (Å²) in [5.41, 5.74) is 4.70. The number of hydrogen-bond donors (Lipinski definition) is 2. The van der Waals surface area contributed by atoms with Crippen molar-refractivity contribution in [1.82, 2.24) is 9.97 Å². The van der Waals surface area contributed by atoms with E-state index in [1.807, 2.05) is 19.1 Å². The zero-order valence-corrected chi connectivity index (χ0v) is 11.5. The third-order valence-corrected chi connectivity index (χ3v) is 3.16. The number of rotatable bonds is 3. The maximum Gasteiger partial charge on any atom is 0.151 e. The van der Waals surface area contributed by atoms with Crippen molar-refractivity contribution in [2.24, 2.45) is 5.84 Å². The van der Waals surface area contributed by atoms with Crippen molar-refractivity contribution in [2.75, 3.05) is 5.43 Å². The highest BCUT2D eigenvalue weighted by atomic mass is 79.9. The van der Waals surface area contributed by atoms with Crippen molar-refractivity contribution in [3.05, 3.63) is 28.0 Å². The topological polar surface area (TPSA) is 63.8 Å².